The smallest absolute Gasteiger partial charge is 0.226 e. The molecule has 0 aliphatic carbocycles. The number of nitrogens with zero attached hydrogens (tertiary/aromatic N) is 3. The molecule has 1 heterocycles. The fraction of sp³-hybridized carbons (Fsp3) is 0.320. The minimum Gasteiger partial charge on any atom is -0.444 e. The maximum atomic E-state index is 12.4. The van der Waals surface area contributed by atoms with Crippen molar-refractivity contribution in [2.24, 2.45) is 4.99 Å². The Hall–Kier alpha value is -3.61. The Morgan fingerprint density at radius 3 is 2.56 bits per heavy atom. The van der Waals surface area contributed by atoms with Crippen LogP contribution in [0.3, 0.4) is 0 Å². The Labute approximate surface area is 189 Å². The fourth-order valence-corrected chi connectivity index (χ4v) is 3.13. The van der Waals surface area contributed by atoms with Crippen molar-refractivity contribution in [1.82, 2.24) is 20.5 Å². The van der Waals surface area contributed by atoms with E-state index in [2.05, 4.69) is 20.6 Å². The van der Waals surface area contributed by atoms with Crippen molar-refractivity contribution in [1.29, 1.82) is 0 Å². The van der Waals surface area contributed by atoms with Crippen molar-refractivity contribution in [2.45, 2.75) is 33.4 Å². The Kier molecular flexibility index (Phi) is 8.43. The number of hydrogen-bond acceptors (Lipinski definition) is 4. The molecule has 3 rings (SSSR count). The van der Waals surface area contributed by atoms with E-state index in [9.17, 15) is 4.79 Å². The lowest BCUT2D eigenvalue weighted by Gasteiger charge is -2.18. The minimum absolute atomic E-state index is 0.0800. The van der Waals surface area contributed by atoms with Gasteiger partial charge in [-0.15, -0.1) is 0 Å². The van der Waals surface area contributed by atoms with Crippen molar-refractivity contribution in [3.63, 3.8) is 0 Å². The summed E-state index contributed by atoms with van der Waals surface area (Å²) in [6.07, 6.45) is 2.01. The van der Waals surface area contributed by atoms with Gasteiger partial charge in [0.05, 0.1) is 6.54 Å². The number of rotatable bonds is 9. The summed E-state index contributed by atoms with van der Waals surface area (Å²) >= 11 is 0. The van der Waals surface area contributed by atoms with Gasteiger partial charge >= 0.3 is 0 Å². The average molecular weight is 434 g/mol. The number of oxazole rings is 1. The second-order valence-corrected chi connectivity index (χ2v) is 7.62. The second kappa shape index (κ2) is 11.7. The number of hydrogen-bond donors (Lipinski definition) is 2. The van der Waals surface area contributed by atoms with Gasteiger partial charge in [-0.3, -0.25) is 4.79 Å². The Balaban J connectivity index is 1.49. The van der Waals surface area contributed by atoms with Crippen LogP contribution in [0.1, 0.15) is 30.2 Å². The highest BCUT2D eigenvalue weighted by Gasteiger charge is 2.10. The van der Waals surface area contributed by atoms with E-state index >= 15 is 0 Å². The predicted molar refractivity (Wildman–Crippen MR) is 127 cm³/mol. The van der Waals surface area contributed by atoms with Crippen LogP contribution < -0.4 is 10.6 Å². The Morgan fingerprint density at radius 1 is 1.09 bits per heavy atom. The maximum absolute atomic E-state index is 12.4. The molecule has 7 nitrogen and oxygen atoms in total. The third-order valence-electron chi connectivity index (χ3n) is 4.91. The number of guanidine groups is 1. The number of benzene rings is 2. The third kappa shape index (κ3) is 6.97. The van der Waals surface area contributed by atoms with Crippen molar-refractivity contribution in [3.05, 3.63) is 77.7 Å². The quantitative estimate of drug-likeness (QED) is 0.397. The molecule has 1 aromatic heterocycles. The van der Waals surface area contributed by atoms with Crippen LogP contribution in [0.25, 0.3) is 11.5 Å². The molecule has 1 amide bonds. The zero-order chi connectivity index (χ0) is 22.8. The monoisotopic (exact) mass is 433 g/mol. The number of aromatic nitrogens is 1. The van der Waals surface area contributed by atoms with Gasteiger partial charge in [0.2, 0.25) is 11.8 Å². The van der Waals surface area contributed by atoms with Crippen molar-refractivity contribution in [2.75, 3.05) is 20.1 Å². The Bertz CT molecular complexity index is 1010. The van der Waals surface area contributed by atoms with E-state index in [1.165, 1.54) is 5.56 Å². The molecule has 0 aliphatic heterocycles. The molecule has 0 radical (unpaired) electrons. The SMILES string of the molecule is CCNC(=NCc1coc(-c2ccc(C)cc2)n1)NCCC(=O)N(C)Cc1ccccc1. The van der Waals surface area contributed by atoms with E-state index in [1.54, 1.807) is 11.2 Å². The number of aliphatic imine (C=N–C) groups is 1. The van der Waals surface area contributed by atoms with Crippen LogP contribution in [-0.2, 0) is 17.9 Å². The average Bonchev–Trinajstić information content (AvgIpc) is 3.27. The van der Waals surface area contributed by atoms with E-state index in [-0.39, 0.29) is 5.91 Å². The first-order chi connectivity index (χ1) is 15.5. The number of nitrogens with one attached hydrogen (secondary N) is 2. The van der Waals surface area contributed by atoms with Crippen LogP contribution >= 0.6 is 0 Å². The number of carbonyl (C=O) groups excluding carboxylic acids is 1. The molecule has 3 aromatic rings. The van der Waals surface area contributed by atoms with Gasteiger partial charge in [-0.2, -0.15) is 0 Å². The van der Waals surface area contributed by atoms with E-state index in [0.29, 0.717) is 37.9 Å². The standard InChI is InChI=1S/C25H31N5O2/c1-4-26-25(27-15-14-23(31)30(3)17-20-8-6-5-7-9-20)28-16-22-18-32-24(29-22)21-12-10-19(2)11-13-21/h5-13,18H,4,14-17H2,1-3H3,(H2,26,27,28). The fourth-order valence-electron chi connectivity index (χ4n) is 3.13. The van der Waals surface area contributed by atoms with Gasteiger partial charge in [0.15, 0.2) is 5.96 Å². The molecule has 0 atom stereocenters. The van der Waals surface area contributed by atoms with E-state index in [1.807, 2.05) is 75.5 Å². The molecule has 2 N–H and O–H groups in total. The van der Waals surface area contributed by atoms with Crippen molar-refractivity contribution < 1.29 is 9.21 Å². The second-order valence-electron chi connectivity index (χ2n) is 7.62. The summed E-state index contributed by atoms with van der Waals surface area (Å²) in [4.78, 5) is 23.3. The molecule has 168 valence electrons. The van der Waals surface area contributed by atoms with Gasteiger partial charge in [0.1, 0.15) is 12.0 Å². The van der Waals surface area contributed by atoms with Crippen LogP contribution in [0.15, 0.2) is 70.3 Å². The summed E-state index contributed by atoms with van der Waals surface area (Å²) in [6, 6.07) is 18.0. The van der Waals surface area contributed by atoms with Crippen molar-refractivity contribution in [3.8, 4) is 11.5 Å². The molecule has 0 saturated heterocycles. The van der Waals surface area contributed by atoms with E-state index in [0.717, 1.165) is 23.4 Å². The summed E-state index contributed by atoms with van der Waals surface area (Å²) in [7, 11) is 1.82. The highest BCUT2D eigenvalue weighted by atomic mass is 16.3. The summed E-state index contributed by atoms with van der Waals surface area (Å²) in [5.74, 6) is 1.31. The zero-order valence-corrected chi connectivity index (χ0v) is 19.0. The van der Waals surface area contributed by atoms with E-state index in [4.69, 9.17) is 4.42 Å². The summed E-state index contributed by atoms with van der Waals surface area (Å²) < 4.78 is 5.60. The maximum Gasteiger partial charge on any atom is 0.226 e. The molecule has 0 spiro atoms. The van der Waals surface area contributed by atoms with Crippen LogP contribution in [0.4, 0.5) is 0 Å². The van der Waals surface area contributed by atoms with Crippen molar-refractivity contribution >= 4 is 11.9 Å². The summed E-state index contributed by atoms with van der Waals surface area (Å²) in [6.45, 7) is 6.25. The molecule has 0 aliphatic rings. The molecule has 0 fully saturated rings. The molecule has 7 heteroatoms. The first kappa shape index (κ1) is 23.1. The molecule has 0 unspecified atom stereocenters. The molecule has 32 heavy (non-hydrogen) atoms. The van der Waals surface area contributed by atoms with Gasteiger partial charge in [0.25, 0.3) is 0 Å². The lowest BCUT2D eigenvalue weighted by atomic mass is 10.1. The van der Waals surface area contributed by atoms with Gasteiger partial charge in [-0.1, -0.05) is 48.0 Å². The first-order valence-corrected chi connectivity index (χ1v) is 10.9. The summed E-state index contributed by atoms with van der Waals surface area (Å²) in [5.41, 5.74) is 3.99. The highest BCUT2D eigenvalue weighted by Crippen LogP contribution is 2.19. The molecular weight excluding hydrogens is 402 g/mol. The van der Waals surface area contributed by atoms with Gasteiger partial charge in [0, 0.05) is 38.7 Å². The predicted octanol–water partition coefficient (Wildman–Crippen LogP) is 3.75. The minimum atomic E-state index is 0.0800. The Morgan fingerprint density at radius 2 is 1.84 bits per heavy atom. The van der Waals surface area contributed by atoms with Gasteiger partial charge < -0.3 is 20.0 Å². The molecule has 0 bridgehead atoms. The molecular formula is C25H31N5O2. The third-order valence-corrected chi connectivity index (χ3v) is 4.91. The molecule has 2 aromatic carbocycles. The van der Waals surface area contributed by atoms with Gasteiger partial charge in [-0.25, -0.2) is 9.98 Å². The number of aryl methyl sites for hydroxylation is 1. The van der Waals surface area contributed by atoms with E-state index < -0.39 is 0 Å². The van der Waals surface area contributed by atoms with Gasteiger partial charge in [-0.05, 0) is 31.5 Å². The highest BCUT2D eigenvalue weighted by molar-refractivity contribution is 5.81. The number of amides is 1. The summed E-state index contributed by atoms with van der Waals surface area (Å²) in [5, 5.41) is 6.41. The number of carbonyl (C=O) groups is 1. The van der Waals surface area contributed by atoms with Crippen LogP contribution in [-0.4, -0.2) is 41.9 Å². The normalized spacial score (nSPS) is 11.3. The zero-order valence-electron chi connectivity index (χ0n) is 19.0. The first-order valence-electron chi connectivity index (χ1n) is 10.9. The van der Waals surface area contributed by atoms with Crippen LogP contribution in [0.5, 0.6) is 0 Å². The largest absolute Gasteiger partial charge is 0.444 e. The van der Waals surface area contributed by atoms with Crippen LogP contribution in [0, 0.1) is 6.92 Å². The molecule has 0 saturated carbocycles. The lowest BCUT2D eigenvalue weighted by Crippen LogP contribution is -2.39. The lowest BCUT2D eigenvalue weighted by molar-refractivity contribution is -0.130. The topological polar surface area (TPSA) is 82.8 Å². The van der Waals surface area contributed by atoms with Crippen LogP contribution in [0.2, 0.25) is 0 Å².